The summed E-state index contributed by atoms with van der Waals surface area (Å²) in [7, 11) is 1.51. The Labute approximate surface area is 120 Å². The van der Waals surface area contributed by atoms with Gasteiger partial charge >= 0.3 is 6.01 Å². The predicted octanol–water partition coefficient (Wildman–Crippen LogP) is 2.51. The number of nitrogens with one attached hydrogen (secondary N) is 1. The Kier molecular flexibility index (Phi) is 4.75. The smallest absolute Gasteiger partial charge is 0.321 e. The van der Waals surface area contributed by atoms with Crippen molar-refractivity contribution >= 4 is 29.3 Å². The summed E-state index contributed by atoms with van der Waals surface area (Å²) in [5.74, 6) is 0.462. The zero-order chi connectivity index (χ0) is 13.7. The maximum atomic E-state index is 6.05. The van der Waals surface area contributed by atoms with Crippen LogP contribution in [0, 0.1) is 0 Å². The van der Waals surface area contributed by atoms with Crippen LogP contribution in [0.4, 0.5) is 5.95 Å². The molecule has 100 valence electrons. The lowest BCUT2D eigenvalue weighted by Crippen LogP contribution is -2.06. The lowest BCUT2D eigenvalue weighted by Gasteiger charge is -2.06. The van der Waals surface area contributed by atoms with Crippen LogP contribution < -0.4 is 10.1 Å². The first kappa shape index (κ1) is 13.8. The van der Waals surface area contributed by atoms with Crippen LogP contribution in [0.15, 0.2) is 28.5 Å². The number of halogens is 1. The molecule has 0 bridgehead atoms. The molecule has 2 heterocycles. The van der Waals surface area contributed by atoms with E-state index in [4.69, 9.17) is 16.3 Å². The fourth-order valence-electron chi connectivity index (χ4n) is 1.24. The van der Waals surface area contributed by atoms with Crippen molar-refractivity contribution in [1.82, 2.24) is 19.9 Å². The molecule has 0 radical (unpaired) electrons. The van der Waals surface area contributed by atoms with E-state index in [1.165, 1.54) is 18.9 Å². The summed E-state index contributed by atoms with van der Waals surface area (Å²) in [5.41, 5.74) is 0. The van der Waals surface area contributed by atoms with Gasteiger partial charge in [0, 0.05) is 12.7 Å². The molecule has 1 N–H and O–H groups in total. The number of aromatic nitrogens is 4. The highest BCUT2D eigenvalue weighted by Gasteiger charge is 2.10. The maximum Gasteiger partial charge on any atom is 0.321 e. The van der Waals surface area contributed by atoms with Crippen LogP contribution in [0.25, 0.3) is 0 Å². The number of hydrogen-bond donors (Lipinski definition) is 1. The van der Waals surface area contributed by atoms with Crippen molar-refractivity contribution in [2.24, 2.45) is 0 Å². The van der Waals surface area contributed by atoms with Gasteiger partial charge in [0.05, 0.1) is 12.1 Å². The number of methoxy groups -OCH3 is 1. The van der Waals surface area contributed by atoms with Gasteiger partial charge in [0.1, 0.15) is 5.03 Å². The highest BCUT2D eigenvalue weighted by molar-refractivity contribution is 7.99. The Hall–Kier alpha value is -1.60. The molecule has 0 saturated carbocycles. The Morgan fingerprint density at radius 1 is 1.37 bits per heavy atom. The van der Waals surface area contributed by atoms with E-state index in [2.05, 4.69) is 25.3 Å². The van der Waals surface area contributed by atoms with Gasteiger partial charge in [0.15, 0.2) is 0 Å². The van der Waals surface area contributed by atoms with Crippen LogP contribution in [-0.2, 0) is 0 Å². The highest BCUT2D eigenvalue weighted by Crippen LogP contribution is 2.29. The van der Waals surface area contributed by atoms with E-state index in [0.29, 0.717) is 27.7 Å². The summed E-state index contributed by atoms with van der Waals surface area (Å²) < 4.78 is 5.04. The molecule has 0 aliphatic rings. The minimum atomic E-state index is 0.250. The van der Waals surface area contributed by atoms with Gasteiger partial charge in [-0.2, -0.15) is 15.0 Å². The van der Waals surface area contributed by atoms with Crippen molar-refractivity contribution in [3.8, 4) is 6.01 Å². The second kappa shape index (κ2) is 6.53. The number of nitrogens with zero attached hydrogens (tertiary/aromatic N) is 4. The van der Waals surface area contributed by atoms with Crippen molar-refractivity contribution in [2.45, 2.75) is 17.1 Å². The number of pyridine rings is 1. The van der Waals surface area contributed by atoms with E-state index in [1.54, 1.807) is 18.3 Å². The number of ether oxygens (including phenoxy) is 1. The van der Waals surface area contributed by atoms with Crippen LogP contribution in [0.2, 0.25) is 5.02 Å². The molecular weight excluding hydrogens is 286 g/mol. The second-order valence-corrected chi connectivity index (χ2v) is 4.71. The summed E-state index contributed by atoms with van der Waals surface area (Å²) in [6.45, 7) is 2.67. The molecule has 0 atom stereocenters. The lowest BCUT2D eigenvalue weighted by atomic mass is 10.5. The molecule has 0 unspecified atom stereocenters. The van der Waals surface area contributed by atoms with E-state index in [-0.39, 0.29) is 6.01 Å². The molecule has 6 nitrogen and oxygen atoms in total. The zero-order valence-corrected chi connectivity index (χ0v) is 12.0. The fourth-order valence-corrected chi connectivity index (χ4v) is 2.19. The minimum absolute atomic E-state index is 0.250. The highest BCUT2D eigenvalue weighted by atomic mass is 35.5. The fraction of sp³-hybridized carbons (Fsp3) is 0.273. The summed E-state index contributed by atoms with van der Waals surface area (Å²) in [5, 5.41) is 4.68. The van der Waals surface area contributed by atoms with Gasteiger partial charge in [-0.25, -0.2) is 4.98 Å². The van der Waals surface area contributed by atoms with E-state index >= 15 is 0 Å². The van der Waals surface area contributed by atoms with Gasteiger partial charge in [0.2, 0.25) is 11.1 Å². The maximum absolute atomic E-state index is 6.05. The van der Waals surface area contributed by atoms with Crippen LogP contribution in [0.1, 0.15) is 6.92 Å². The van der Waals surface area contributed by atoms with Gasteiger partial charge in [-0.15, -0.1) is 0 Å². The summed E-state index contributed by atoms with van der Waals surface area (Å²) in [4.78, 5) is 16.7. The first-order valence-electron chi connectivity index (χ1n) is 5.55. The van der Waals surface area contributed by atoms with Crippen molar-refractivity contribution in [1.29, 1.82) is 0 Å². The molecule has 0 fully saturated rings. The third kappa shape index (κ3) is 3.68. The van der Waals surface area contributed by atoms with E-state index < -0.39 is 0 Å². The number of hydrogen-bond acceptors (Lipinski definition) is 7. The summed E-state index contributed by atoms with van der Waals surface area (Å²) >= 11 is 7.31. The monoisotopic (exact) mass is 297 g/mol. The standard InChI is InChI=1S/C11H12ClN5OS/c1-3-13-9-15-10(18-2)17-11(16-9)19-8-7(12)5-4-6-14-8/h4-6H,3H2,1-2H3,(H,13,15,16,17). The van der Waals surface area contributed by atoms with Gasteiger partial charge in [0.25, 0.3) is 0 Å². The van der Waals surface area contributed by atoms with Crippen LogP contribution in [0.5, 0.6) is 6.01 Å². The molecule has 0 amide bonds. The van der Waals surface area contributed by atoms with Crippen molar-refractivity contribution in [2.75, 3.05) is 19.0 Å². The Morgan fingerprint density at radius 3 is 2.89 bits per heavy atom. The van der Waals surface area contributed by atoms with Gasteiger partial charge in [-0.3, -0.25) is 0 Å². The largest absolute Gasteiger partial charge is 0.467 e. The number of anilines is 1. The zero-order valence-electron chi connectivity index (χ0n) is 10.4. The lowest BCUT2D eigenvalue weighted by molar-refractivity contribution is 0.373. The molecule has 8 heteroatoms. The minimum Gasteiger partial charge on any atom is -0.467 e. The van der Waals surface area contributed by atoms with E-state index in [1.807, 2.05) is 6.92 Å². The average Bonchev–Trinajstić information content (AvgIpc) is 2.41. The third-order valence-corrected chi connectivity index (χ3v) is 3.33. The van der Waals surface area contributed by atoms with Crippen LogP contribution in [0.3, 0.4) is 0 Å². The molecule has 0 spiro atoms. The molecule has 0 aliphatic heterocycles. The van der Waals surface area contributed by atoms with Crippen molar-refractivity contribution in [3.63, 3.8) is 0 Å². The quantitative estimate of drug-likeness (QED) is 0.909. The average molecular weight is 298 g/mol. The predicted molar refractivity (Wildman–Crippen MR) is 73.9 cm³/mol. The van der Waals surface area contributed by atoms with E-state index in [0.717, 1.165) is 0 Å². The van der Waals surface area contributed by atoms with Gasteiger partial charge < -0.3 is 10.1 Å². The Morgan fingerprint density at radius 2 is 2.21 bits per heavy atom. The molecular formula is C11H12ClN5OS. The molecule has 2 aromatic heterocycles. The first-order valence-corrected chi connectivity index (χ1v) is 6.74. The second-order valence-electron chi connectivity index (χ2n) is 3.35. The molecule has 2 rings (SSSR count). The normalized spacial score (nSPS) is 10.3. The Bertz CT molecular complexity index is 569. The van der Waals surface area contributed by atoms with Crippen LogP contribution >= 0.6 is 23.4 Å². The van der Waals surface area contributed by atoms with Crippen molar-refractivity contribution in [3.05, 3.63) is 23.4 Å². The molecule has 2 aromatic rings. The van der Waals surface area contributed by atoms with Gasteiger partial charge in [-0.05, 0) is 30.8 Å². The first-order chi connectivity index (χ1) is 9.22. The summed E-state index contributed by atoms with van der Waals surface area (Å²) in [6, 6.07) is 3.78. The SMILES string of the molecule is CCNc1nc(OC)nc(Sc2ncccc2Cl)n1. The van der Waals surface area contributed by atoms with Crippen molar-refractivity contribution < 1.29 is 4.74 Å². The number of rotatable bonds is 5. The molecule has 0 saturated heterocycles. The molecule has 0 aromatic carbocycles. The van der Waals surface area contributed by atoms with Crippen LogP contribution in [-0.4, -0.2) is 33.6 Å². The van der Waals surface area contributed by atoms with Gasteiger partial charge in [-0.1, -0.05) is 11.6 Å². The Balaban J connectivity index is 2.29. The topological polar surface area (TPSA) is 72.8 Å². The molecule has 19 heavy (non-hydrogen) atoms. The third-order valence-electron chi connectivity index (χ3n) is 2.02. The molecule has 0 aliphatic carbocycles. The summed E-state index contributed by atoms with van der Waals surface area (Å²) in [6.07, 6.45) is 1.66. The van der Waals surface area contributed by atoms with E-state index in [9.17, 15) is 0 Å².